The maximum atomic E-state index is 12.0. The summed E-state index contributed by atoms with van der Waals surface area (Å²) in [6, 6.07) is 10.9. The maximum absolute atomic E-state index is 12.0. The van der Waals surface area contributed by atoms with Crippen LogP contribution in [0.4, 0.5) is 0 Å². The lowest BCUT2D eigenvalue weighted by molar-refractivity contribution is -0.134. The van der Waals surface area contributed by atoms with E-state index >= 15 is 0 Å². The molecule has 2 unspecified atom stereocenters. The number of likely N-dealkylation sites (tertiary alicyclic amines) is 1. The molecule has 0 saturated carbocycles. The molecule has 4 heteroatoms. The SMILES string of the molecule is CC1CC(N(C)C(=O)[C@@H](C)N)CCN1Cc1ccccc1. The number of hydrogen-bond donors (Lipinski definition) is 1. The summed E-state index contributed by atoms with van der Waals surface area (Å²) in [4.78, 5) is 16.4. The van der Waals surface area contributed by atoms with Crippen molar-refractivity contribution in [2.24, 2.45) is 5.73 Å². The van der Waals surface area contributed by atoms with Crippen molar-refractivity contribution >= 4 is 5.91 Å². The first-order chi connectivity index (χ1) is 9.99. The van der Waals surface area contributed by atoms with Crippen molar-refractivity contribution < 1.29 is 4.79 Å². The summed E-state index contributed by atoms with van der Waals surface area (Å²) < 4.78 is 0. The highest BCUT2D eigenvalue weighted by atomic mass is 16.2. The highest BCUT2D eigenvalue weighted by molar-refractivity contribution is 5.81. The van der Waals surface area contributed by atoms with Crippen LogP contribution in [0, 0.1) is 0 Å². The van der Waals surface area contributed by atoms with Crippen molar-refractivity contribution in [3.63, 3.8) is 0 Å². The van der Waals surface area contributed by atoms with E-state index in [4.69, 9.17) is 5.73 Å². The van der Waals surface area contributed by atoms with Gasteiger partial charge in [0.15, 0.2) is 0 Å². The van der Waals surface area contributed by atoms with Crippen LogP contribution in [-0.2, 0) is 11.3 Å². The maximum Gasteiger partial charge on any atom is 0.239 e. The Labute approximate surface area is 127 Å². The molecule has 1 heterocycles. The number of nitrogens with zero attached hydrogens (tertiary/aromatic N) is 2. The third kappa shape index (κ3) is 4.05. The first kappa shape index (κ1) is 16.0. The number of likely N-dealkylation sites (N-methyl/N-ethyl adjacent to an activating group) is 1. The zero-order valence-electron chi connectivity index (χ0n) is 13.3. The topological polar surface area (TPSA) is 49.6 Å². The molecule has 1 saturated heterocycles. The van der Waals surface area contributed by atoms with Gasteiger partial charge in [-0.2, -0.15) is 0 Å². The Morgan fingerprint density at radius 3 is 2.67 bits per heavy atom. The smallest absolute Gasteiger partial charge is 0.239 e. The van der Waals surface area contributed by atoms with E-state index in [1.54, 1.807) is 6.92 Å². The lowest BCUT2D eigenvalue weighted by Gasteiger charge is -2.41. The summed E-state index contributed by atoms with van der Waals surface area (Å²) in [5, 5.41) is 0. The van der Waals surface area contributed by atoms with E-state index in [1.807, 2.05) is 18.0 Å². The minimum atomic E-state index is -0.410. The normalized spacial score (nSPS) is 24.6. The van der Waals surface area contributed by atoms with Gasteiger partial charge in [-0.1, -0.05) is 30.3 Å². The standard InChI is InChI=1S/C17H27N3O/c1-13-11-16(19(3)17(21)14(2)18)9-10-20(13)12-15-7-5-4-6-8-15/h4-8,13-14,16H,9-12,18H2,1-3H3/t13?,14-,16?/m1/s1. The number of hydrogen-bond acceptors (Lipinski definition) is 3. The van der Waals surface area contributed by atoms with Crippen LogP contribution in [0.2, 0.25) is 0 Å². The van der Waals surface area contributed by atoms with Gasteiger partial charge in [0.05, 0.1) is 6.04 Å². The summed E-state index contributed by atoms with van der Waals surface area (Å²) in [7, 11) is 1.88. The van der Waals surface area contributed by atoms with Crippen LogP contribution >= 0.6 is 0 Å². The van der Waals surface area contributed by atoms with E-state index in [-0.39, 0.29) is 5.91 Å². The average Bonchev–Trinajstić information content (AvgIpc) is 2.48. The molecule has 1 amide bonds. The van der Waals surface area contributed by atoms with Crippen LogP contribution in [0.15, 0.2) is 30.3 Å². The molecular formula is C17H27N3O. The Hall–Kier alpha value is -1.39. The molecule has 1 aliphatic heterocycles. The van der Waals surface area contributed by atoms with Crippen LogP contribution in [0.1, 0.15) is 32.3 Å². The second-order valence-electron chi connectivity index (χ2n) is 6.22. The number of nitrogens with two attached hydrogens (primary N) is 1. The monoisotopic (exact) mass is 289 g/mol. The molecule has 0 aromatic heterocycles. The van der Waals surface area contributed by atoms with Crippen molar-refractivity contribution in [2.75, 3.05) is 13.6 Å². The lowest BCUT2D eigenvalue weighted by Crippen LogP contribution is -2.52. The van der Waals surface area contributed by atoms with Crippen LogP contribution in [-0.4, -0.2) is 47.4 Å². The number of rotatable bonds is 4. The molecule has 1 aromatic rings. The van der Waals surface area contributed by atoms with Gasteiger partial charge in [0.1, 0.15) is 0 Å². The lowest BCUT2D eigenvalue weighted by atomic mass is 9.96. The number of amides is 1. The molecule has 1 aromatic carbocycles. The molecule has 0 aliphatic carbocycles. The van der Waals surface area contributed by atoms with Gasteiger partial charge in [-0.05, 0) is 32.3 Å². The average molecular weight is 289 g/mol. The fourth-order valence-electron chi connectivity index (χ4n) is 3.10. The van der Waals surface area contributed by atoms with Gasteiger partial charge >= 0.3 is 0 Å². The van der Waals surface area contributed by atoms with Crippen molar-refractivity contribution in [1.82, 2.24) is 9.80 Å². The number of benzene rings is 1. The van der Waals surface area contributed by atoms with Crippen molar-refractivity contribution in [3.8, 4) is 0 Å². The zero-order valence-corrected chi connectivity index (χ0v) is 13.3. The summed E-state index contributed by atoms with van der Waals surface area (Å²) in [5.41, 5.74) is 7.06. The van der Waals surface area contributed by atoms with Crippen LogP contribution < -0.4 is 5.73 Å². The molecule has 0 spiro atoms. The van der Waals surface area contributed by atoms with Gasteiger partial charge in [-0.15, -0.1) is 0 Å². The van der Waals surface area contributed by atoms with E-state index in [0.717, 1.165) is 25.9 Å². The van der Waals surface area contributed by atoms with E-state index in [9.17, 15) is 4.79 Å². The fourth-order valence-corrected chi connectivity index (χ4v) is 3.10. The zero-order chi connectivity index (χ0) is 15.4. The largest absolute Gasteiger partial charge is 0.341 e. The molecule has 21 heavy (non-hydrogen) atoms. The summed E-state index contributed by atoms with van der Waals surface area (Å²) in [5.74, 6) is 0.0451. The molecule has 1 aliphatic rings. The van der Waals surface area contributed by atoms with E-state index < -0.39 is 6.04 Å². The Morgan fingerprint density at radius 1 is 1.43 bits per heavy atom. The molecule has 116 valence electrons. The summed E-state index contributed by atoms with van der Waals surface area (Å²) in [6.07, 6.45) is 2.04. The van der Waals surface area contributed by atoms with E-state index in [0.29, 0.717) is 12.1 Å². The molecule has 0 radical (unpaired) electrons. The van der Waals surface area contributed by atoms with Crippen molar-refractivity contribution in [3.05, 3.63) is 35.9 Å². The minimum absolute atomic E-state index is 0.0451. The van der Waals surface area contributed by atoms with Gasteiger partial charge in [0.2, 0.25) is 5.91 Å². The van der Waals surface area contributed by atoms with Crippen molar-refractivity contribution in [2.45, 2.75) is 51.4 Å². The van der Waals surface area contributed by atoms with E-state index in [2.05, 4.69) is 36.1 Å². The molecule has 2 N–H and O–H groups in total. The minimum Gasteiger partial charge on any atom is -0.341 e. The van der Waals surface area contributed by atoms with Crippen LogP contribution in [0.25, 0.3) is 0 Å². The molecule has 0 bridgehead atoms. The number of carbonyl (C=O) groups is 1. The van der Waals surface area contributed by atoms with Crippen LogP contribution in [0.3, 0.4) is 0 Å². The summed E-state index contributed by atoms with van der Waals surface area (Å²) >= 11 is 0. The van der Waals surface area contributed by atoms with Crippen LogP contribution in [0.5, 0.6) is 0 Å². The first-order valence-corrected chi connectivity index (χ1v) is 7.79. The van der Waals surface area contributed by atoms with Gasteiger partial charge < -0.3 is 10.6 Å². The highest BCUT2D eigenvalue weighted by Gasteiger charge is 2.30. The second kappa shape index (κ2) is 7.05. The summed E-state index contributed by atoms with van der Waals surface area (Å²) in [6.45, 7) is 6.02. The molecular weight excluding hydrogens is 262 g/mol. The van der Waals surface area contributed by atoms with Crippen molar-refractivity contribution in [1.29, 1.82) is 0 Å². The van der Waals surface area contributed by atoms with E-state index in [1.165, 1.54) is 5.56 Å². The van der Waals surface area contributed by atoms with Gasteiger partial charge in [0, 0.05) is 32.2 Å². The van der Waals surface area contributed by atoms with Gasteiger partial charge in [-0.25, -0.2) is 0 Å². The Bertz CT molecular complexity index is 460. The quantitative estimate of drug-likeness (QED) is 0.920. The van der Waals surface area contributed by atoms with Gasteiger partial charge in [-0.3, -0.25) is 9.69 Å². The Balaban J connectivity index is 1.91. The third-order valence-electron chi connectivity index (χ3n) is 4.50. The first-order valence-electron chi connectivity index (χ1n) is 7.79. The fraction of sp³-hybridized carbons (Fsp3) is 0.588. The molecule has 4 nitrogen and oxygen atoms in total. The predicted molar refractivity (Wildman–Crippen MR) is 85.8 cm³/mol. The molecule has 2 rings (SSSR count). The third-order valence-corrected chi connectivity index (χ3v) is 4.50. The molecule has 3 atom stereocenters. The predicted octanol–water partition coefficient (Wildman–Crippen LogP) is 1.85. The number of piperidine rings is 1. The Kier molecular flexibility index (Phi) is 5.37. The molecule has 1 fully saturated rings. The highest BCUT2D eigenvalue weighted by Crippen LogP contribution is 2.23. The second-order valence-corrected chi connectivity index (χ2v) is 6.22. The van der Waals surface area contributed by atoms with Gasteiger partial charge in [0.25, 0.3) is 0 Å². The Morgan fingerprint density at radius 2 is 2.10 bits per heavy atom. The number of carbonyl (C=O) groups excluding carboxylic acids is 1.